The topological polar surface area (TPSA) is 134 Å². The molecule has 0 fully saturated rings. The van der Waals surface area contributed by atoms with Gasteiger partial charge >= 0.3 is 15.6 Å². The maximum Gasteiger partial charge on any atom is 0.483 e. The Kier molecular flexibility index (Phi) is 18.9. The molecule has 26 heavy (non-hydrogen) atoms. The molecule has 10 heteroatoms. The van der Waals surface area contributed by atoms with Crippen LogP contribution in [0.1, 0.15) is 90.9 Å². The lowest BCUT2D eigenvalue weighted by Crippen LogP contribution is -2.02. The molecule has 0 amide bonds. The highest BCUT2D eigenvalue weighted by Gasteiger charge is 2.35. The summed E-state index contributed by atoms with van der Waals surface area (Å²) in [6.07, 6.45) is 12.2. The molecule has 0 aromatic heterocycles. The van der Waals surface area contributed by atoms with E-state index >= 15 is 0 Å². The lowest BCUT2D eigenvalue weighted by atomic mass is 10.1. The first kappa shape index (κ1) is 28.4. The number of hydrogen-bond donors (Lipinski definition) is 2. The normalized spacial score (nSPS) is 12.2. The van der Waals surface area contributed by atoms with Crippen LogP contribution in [0.4, 0.5) is 0 Å². The minimum Gasteiger partial charge on any atom is -0.412 e. The van der Waals surface area contributed by atoms with E-state index in [1.807, 2.05) is 0 Å². The van der Waals surface area contributed by atoms with Gasteiger partial charge in [0.15, 0.2) is 0 Å². The van der Waals surface area contributed by atoms with Gasteiger partial charge in [-0.1, -0.05) is 78.1 Å². The molecule has 0 aromatic rings. The smallest absolute Gasteiger partial charge is 0.412 e. The van der Waals surface area contributed by atoms with Crippen LogP contribution < -0.4 is 0 Å². The molecule has 0 rings (SSSR count). The molecule has 0 unspecified atom stereocenters. The molecular weight excluding hydrogens is 382 g/mol. The van der Waals surface area contributed by atoms with Crippen molar-refractivity contribution in [1.29, 1.82) is 0 Å². The van der Waals surface area contributed by atoms with Gasteiger partial charge in [-0.15, -0.1) is 0 Å². The van der Waals surface area contributed by atoms with E-state index in [0.717, 1.165) is 51.4 Å². The Balaban J connectivity index is 0. The Morgan fingerprint density at radius 1 is 0.654 bits per heavy atom. The van der Waals surface area contributed by atoms with Crippen molar-refractivity contribution in [3.8, 4) is 0 Å². The number of phosphoric ester groups is 1. The molecule has 160 valence electrons. The molecule has 0 radical (unpaired) electrons. The van der Waals surface area contributed by atoms with E-state index in [9.17, 15) is 9.13 Å². The molecule has 4 N–H and O–H groups in total. The van der Waals surface area contributed by atoms with Crippen molar-refractivity contribution in [2.75, 3.05) is 13.2 Å². The van der Waals surface area contributed by atoms with Crippen molar-refractivity contribution in [3.63, 3.8) is 0 Å². The molecule has 8 nitrogen and oxygen atoms in total. The quantitative estimate of drug-likeness (QED) is 0.232. The number of rotatable bonds is 18. The minimum absolute atomic E-state index is 0. The lowest BCUT2D eigenvalue weighted by Gasteiger charge is -2.18. The van der Waals surface area contributed by atoms with Crippen LogP contribution in [-0.2, 0) is 22.5 Å². The fraction of sp³-hybridized carbons (Fsp3) is 1.00. The number of unbranched alkanes of at least 4 members (excludes halogenated alkanes) is 10. The van der Waals surface area contributed by atoms with Crippen LogP contribution in [0.3, 0.4) is 0 Å². The first-order valence-electron chi connectivity index (χ1n) is 9.49. The summed E-state index contributed by atoms with van der Waals surface area (Å²) >= 11 is 0. The van der Waals surface area contributed by atoms with Crippen molar-refractivity contribution in [2.24, 2.45) is 0 Å². The van der Waals surface area contributed by atoms with Gasteiger partial charge in [-0.3, -0.25) is 9.05 Å². The van der Waals surface area contributed by atoms with Crippen molar-refractivity contribution < 1.29 is 37.8 Å². The maximum atomic E-state index is 12.3. The van der Waals surface area contributed by atoms with Crippen LogP contribution in [0.25, 0.3) is 0 Å². The van der Waals surface area contributed by atoms with Crippen LogP contribution in [0, 0.1) is 0 Å². The average molecular weight is 420 g/mol. The molecule has 0 saturated carbocycles. The van der Waals surface area contributed by atoms with E-state index in [4.69, 9.17) is 18.8 Å². The van der Waals surface area contributed by atoms with Crippen LogP contribution in [0.5, 0.6) is 0 Å². The largest absolute Gasteiger partial charge is 0.483 e. The van der Waals surface area contributed by atoms with Gasteiger partial charge in [0, 0.05) is 0 Å². The van der Waals surface area contributed by atoms with Gasteiger partial charge < -0.3 is 15.3 Å². The zero-order valence-electron chi connectivity index (χ0n) is 16.2. The number of phosphoric acid groups is 2. The fourth-order valence-electron chi connectivity index (χ4n) is 2.33. The van der Waals surface area contributed by atoms with E-state index in [1.165, 1.54) is 12.8 Å². The Labute approximate surface area is 158 Å². The van der Waals surface area contributed by atoms with E-state index in [0.29, 0.717) is 12.8 Å². The molecule has 0 aliphatic carbocycles. The summed E-state index contributed by atoms with van der Waals surface area (Å²) in [5.41, 5.74) is 0. The Morgan fingerprint density at radius 3 is 1.35 bits per heavy atom. The minimum atomic E-state index is -4.94. The molecule has 0 bridgehead atoms. The van der Waals surface area contributed by atoms with Crippen molar-refractivity contribution >= 4 is 15.6 Å². The second kappa shape index (κ2) is 17.3. The van der Waals surface area contributed by atoms with E-state index in [1.54, 1.807) is 0 Å². The standard InChI is InChI=1S/C16H36O7P2.H2O/c1-3-5-7-9-11-13-15-21-25(20,23-24(17,18)19)22-16-14-12-10-8-6-4-2;/h3-16H2,1-2H3,(H2,17,18,19);1H2. The molecule has 0 aromatic carbocycles. The van der Waals surface area contributed by atoms with Crippen molar-refractivity contribution in [1.82, 2.24) is 0 Å². The zero-order chi connectivity index (χ0) is 19.0. The summed E-state index contributed by atoms with van der Waals surface area (Å²) < 4.78 is 37.8. The second-order valence-electron chi connectivity index (χ2n) is 6.22. The summed E-state index contributed by atoms with van der Waals surface area (Å²) in [5, 5.41) is 0. The van der Waals surface area contributed by atoms with Crippen molar-refractivity contribution in [3.05, 3.63) is 0 Å². The van der Waals surface area contributed by atoms with Gasteiger partial charge in [0.1, 0.15) is 0 Å². The molecule has 0 aliphatic rings. The highest BCUT2D eigenvalue weighted by molar-refractivity contribution is 7.61. The van der Waals surface area contributed by atoms with E-state index in [2.05, 4.69) is 18.2 Å². The predicted molar refractivity (Wildman–Crippen MR) is 103 cm³/mol. The van der Waals surface area contributed by atoms with Crippen LogP contribution in [-0.4, -0.2) is 28.5 Å². The van der Waals surface area contributed by atoms with E-state index in [-0.39, 0.29) is 18.7 Å². The Bertz CT molecular complexity index is 378. The van der Waals surface area contributed by atoms with Gasteiger partial charge in [-0.25, -0.2) is 9.13 Å². The first-order valence-corrected chi connectivity index (χ1v) is 12.5. The predicted octanol–water partition coefficient (Wildman–Crippen LogP) is 5.13. The van der Waals surface area contributed by atoms with Gasteiger partial charge in [0.05, 0.1) is 13.2 Å². The summed E-state index contributed by atoms with van der Waals surface area (Å²) in [6, 6.07) is 0. The average Bonchev–Trinajstić information content (AvgIpc) is 2.51. The van der Waals surface area contributed by atoms with E-state index < -0.39 is 15.6 Å². The molecule has 0 atom stereocenters. The summed E-state index contributed by atoms with van der Waals surface area (Å²) in [6.45, 7) is 4.47. The highest BCUT2D eigenvalue weighted by Crippen LogP contribution is 2.61. The highest BCUT2D eigenvalue weighted by atomic mass is 31.3. The third-order valence-electron chi connectivity index (χ3n) is 3.70. The SMILES string of the molecule is CCCCCCCCOP(=O)(OCCCCCCCC)OP(=O)(O)O.O. The van der Waals surface area contributed by atoms with Crippen LogP contribution in [0.15, 0.2) is 0 Å². The maximum absolute atomic E-state index is 12.3. The zero-order valence-corrected chi connectivity index (χ0v) is 18.0. The summed E-state index contributed by atoms with van der Waals surface area (Å²) in [7, 11) is -9.17. The third-order valence-corrected chi connectivity index (χ3v) is 6.35. The number of hydrogen-bond acceptors (Lipinski definition) is 5. The van der Waals surface area contributed by atoms with Gasteiger partial charge in [-0.2, -0.15) is 4.31 Å². The second-order valence-corrected chi connectivity index (χ2v) is 9.27. The molecule has 0 heterocycles. The fourth-order valence-corrected chi connectivity index (χ4v) is 4.53. The van der Waals surface area contributed by atoms with Crippen LogP contribution in [0.2, 0.25) is 0 Å². The molecule has 0 saturated heterocycles. The molecular formula is C16H38O8P2. The van der Waals surface area contributed by atoms with Crippen molar-refractivity contribution in [2.45, 2.75) is 90.9 Å². The monoisotopic (exact) mass is 420 g/mol. The van der Waals surface area contributed by atoms with Gasteiger partial charge in [-0.05, 0) is 12.8 Å². The molecule has 0 spiro atoms. The van der Waals surface area contributed by atoms with Crippen LogP contribution >= 0.6 is 15.6 Å². The Hall–Kier alpha value is 0.220. The first-order chi connectivity index (χ1) is 11.8. The lowest BCUT2D eigenvalue weighted by molar-refractivity contribution is 0.136. The van der Waals surface area contributed by atoms with Gasteiger partial charge in [0.2, 0.25) is 0 Å². The Morgan fingerprint density at radius 2 is 1.00 bits per heavy atom. The molecule has 0 aliphatic heterocycles. The summed E-state index contributed by atoms with van der Waals surface area (Å²) in [4.78, 5) is 17.8. The third kappa shape index (κ3) is 19.0. The summed E-state index contributed by atoms with van der Waals surface area (Å²) in [5.74, 6) is 0. The van der Waals surface area contributed by atoms with Gasteiger partial charge in [0.25, 0.3) is 0 Å².